The summed E-state index contributed by atoms with van der Waals surface area (Å²) in [6, 6.07) is -0.0882. The van der Waals surface area contributed by atoms with E-state index >= 15 is 0 Å². The van der Waals surface area contributed by atoms with Gasteiger partial charge in [0.2, 0.25) is 5.91 Å². The maximum atomic E-state index is 12.3. The molecule has 0 aromatic carbocycles. The zero-order valence-electron chi connectivity index (χ0n) is 12.3. The molecule has 1 rings (SSSR count). The average Bonchev–Trinajstić information content (AvgIpc) is 2.85. The van der Waals surface area contributed by atoms with E-state index in [1.165, 1.54) is 0 Å². The molecule has 1 heterocycles. The third-order valence-electron chi connectivity index (χ3n) is 4.06. The fraction of sp³-hybridized carbons (Fsp3) is 0.857. The van der Waals surface area contributed by atoms with Crippen molar-refractivity contribution in [1.29, 1.82) is 0 Å². The summed E-state index contributed by atoms with van der Waals surface area (Å²) in [6.07, 6.45) is 1.96. The Balaban J connectivity index is 2.44. The number of carboxylic acid groups (broad SMARTS) is 1. The van der Waals surface area contributed by atoms with Crippen LogP contribution in [-0.2, 0) is 9.59 Å². The predicted molar refractivity (Wildman–Crippen MR) is 73.9 cm³/mol. The molecule has 1 aliphatic heterocycles. The second-order valence-electron chi connectivity index (χ2n) is 5.27. The number of carbonyl (C=O) groups is 2. The minimum Gasteiger partial charge on any atom is -0.481 e. The molecule has 0 saturated carbocycles. The Kier molecular flexibility index (Phi) is 6.28. The number of aliphatic carboxylic acids is 1. The summed E-state index contributed by atoms with van der Waals surface area (Å²) in [5, 5.41) is 8.70. The van der Waals surface area contributed by atoms with Crippen molar-refractivity contribution in [2.24, 2.45) is 5.92 Å². The lowest BCUT2D eigenvalue weighted by Crippen LogP contribution is -2.46. The van der Waals surface area contributed by atoms with E-state index in [0.717, 1.165) is 39.0 Å². The fourth-order valence-corrected chi connectivity index (χ4v) is 2.73. The Hall–Kier alpha value is -1.10. The van der Waals surface area contributed by atoms with Gasteiger partial charge in [-0.2, -0.15) is 0 Å². The molecule has 5 nitrogen and oxygen atoms in total. The Labute approximate surface area is 115 Å². The van der Waals surface area contributed by atoms with Gasteiger partial charge in [-0.15, -0.1) is 0 Å². The van der Waals surface area contributed by atoms with Crippen molar-refractivity contribution in [3.8, 4) is 0 Å². The summed E-state index contributed by atoms with van der Waals surface area (Å²) in [7, 11) is 0. The summed E-state index contributed by atoms with van der Waals surface area (Å²) >= 11 is 0. The van der Waals surface area contributed by atoms with E-state index in [-0.39, 0.29) is 18.4 Å². The van der Waals surface area contributed by atoms with Gasteiger partial charge in [-0.1, -0.05) is 0 Å². The molecular weight excluding hydrogens is 244 g/mol. The van der Waals surface area contributed by atoms with E-state index in [1.807, 2.05) is 25.7 Å². The molecule has 19 heavy (non-hydrogen) atoms. The molecular formula is C14H26N2O3. The lowest BCUT2D eigenvalue weighted by atomic mass is 10.0. The SMILES string of the molecule is CCN(CC)C(=O)C(C)N1CCC(CCC(=O)O)C1. The lowest BCUT2D eigenvalue weighted by molar-refractivity contribution is -0.138. The average molecular weight is 270 g/mol. The van der Waals surface area contributed by atoms with Gasteiger partial charge < -0.3 is 10.0 Å². The summed E-state index contributed by atoms with van der Waals surface area (Å²) < 4.78 is 0. The van der Waals surface area contributed by atoms with E-state index in [9.17, 15) is 9.59 Å². The highest BCUT2D eigenvalue weighted by Crippen LogP contribution is 2.23. The van der Waals surface area contributed by atoms with Crippen molar-refractivity contribution < 1.29 is 14.7 Å². The number of likely N-dealkylation sites (tertiary alicyclic amines) is 1. The number of nitrogens with zero attached hydrogens (tertiary/aromatic N) is 2. The van der Waals surface area contributed by atoms with Crippen molar-refractivity contribution >= 4 is 11.9 Å². The summed E-state index contributed by atoms with van der Waals surface area (Å²) in [5.74, 6) is -0.127. The third-order valence-corrected chi connectivity index (χ3v) is 4.06. The van der Waals surface area contributed by atoms with Crippen LogP contribution >= 0.6 is 0 Å². The molecule has 0 radical (unpaired) electrons. The van der Waals surface area contributed by atoms with Gasteiger partial charge >= 0.3 is 5.97 Å². The minimum absolute atomic E-state index is 0.0882. The molecule has 5 heteroatoms. The highest BCUT2D eigenvalue weighted by Gasteiger charge is 2.31. The van der Waals surface area contributed by atoms with Crippen LogP contribution in [0.5, 0.6) is 0 Å². The van der Waals surface area contributed by atoms with Crippen molar-refractivity contribution in [3.63, 3.8) is 0 Å². The van der Waals surface area contributed by atoms with Crippen LogP contribution in [0.1, 0.15) is 40.0 Å². The third kappa shape index (κ3) is 4.49. The molecule has 1 N–H and O–H groups in total. The largest absolute Gasteiger partial charge is 0.481 e. The Bertz CT molecular complexity index is 316. The van der Waals surface area contributed by atoms with Gasteiger partial charge in [-0.05, 0) is 46.1 Å². The number of amides is 1. The molecule has 2 unspecified atom stereocenters. The molecule has 0 aromatic rings. The molecule has 0 spiro atoms. The molecule has 0 bridgehead atoms. The quantitative estimate of drug-likeness (QED) is 0.760. The normalized spacial score (nSPS) is 21.3. The molecule has 0 aliphatic carbocycles. The van der Waals surface area contributed by atoms with Gasteiger partial charge in [-0.3, -0.25) is 14.5 Å². The van der Waals surface area contributed by atoms with Crippen molar-refractivity contribution in [2.75, 3.05) is 26.2 Å². The standard InChI is InChI=1S/C14H26N2O3/c1-4-15(5-2)14(19)11(3)16-9-8-12(10-16)6-7-13(17)18/h11-12H,4-10H2,1-3H3,(H,17,18). The van der Waals surface area contributed by atoms with Crippen LogP contribution in [0.25, 0.3) is 0 Å². The Morgan fingerprint density at radius 2 is 2.00 bits per heavy atom. The molecule has 1 fully saturated rings. The zero-order valence-corrected chi connectivity index (χ0v) is 12.3. The van der Waals surface area contributed by atoms with Gasteiger partial charge in [-0.25, -0.2) is 0 Å². The molecule has 1 aliphatic rings. The number of carboxylic acids is 1. The van der Waals surface area contributed by atoms with Gasteiger partial charge in [0, 0.05) is 26.1 Å². The number of likely N-dealkylation sites (N-methyl/N-ethyl adjacent to an activating group) is 1. The Morgan fingerprint density at radius 1 is 1.37 bits per heavy atom. The van der Waals surface area contributed by atoms with E-state index < -0.39 is 5.97 Å². The number of hydrogen-bond donors (Lipinski definition) is 1. The highest BCUT2D eigenvalue weighted by atomic mass is 16.4. The van der Waals surface area contributed by atoms with Crippen LogP contribution < -0.4 is 0 Å². The van der Waals surface area contributed by atoms with Crippen LogP contribution in [0, 0.1) is 5.92 Å². The van der Waals surface area contributed by atoms with Crippen LogP contribution in [0.2, 0.25) is 0 Å². The van der Waals surface area contributed by atoms with E-state index in [0.29, 0.717) is 5.92 Å². The smallest absolute Gasteiger partial charge is 0.303 e. The number of hydrogen-bond acceptors (Lipinski definition) is 3. The first-order chi connectivity index (χ1) is 8.99. The molecule has 0 aromatic heterocycles. The maximum Gasteiger partial charge on any atom is 0.303 e. The summed E-state index contributed by atoms with van der Waals surface area (Å²) in [6.45, 7) is 9.19. The number of rotatable bonds is 7. The van der Waals surface area contributed by atoms with E-state index in [1.54, 1.807) is 0 Å². The summed E-state index contributed by atoms with van der Waals surface area (Å²) in [4.78, 5) is 26.9. The first-order valence-corrected chi connectivity index (χ1v) is 7.24. The molecule has 1 saturated heterocycles. The van der Waals surface area contributed by atoms with Crippen molar-refractivity contribution in [1.82, 2.24) is 9.80 Å². The lowest BCUT2D eigenvalue weighted by Gasteiger charge is -2.29. The van der Waals surface area contributed by atoms with Crippen LogP contribution in [0.4, 0.5) is 0 Å². The van der Waals surface area contributed by atoms with E-state index in [4.69, 9.17) is 5.11 Å². The molecule has 110 valence electrons. The molecule has 1 amide bonds. The van der Waals surface area contributed by atoms with Gasteiger partial charge in [0.15, 0.2) is 0 Å². The van der Waals surface area contributed by atoms with E-state index in [2.05, 4.69) is 4.90 Å². The minimum atomic E-state index is -0.731. The fourth-order valence-electron chi connectivity index (χ4n) is 2.73. The number of carbonyl (C=O) groups excluding carboxylic acids is 1. The van der Waals surface area contributed by atoms with Crippen molar-refractivity contribution in [3.05, 3.63) is 0 Å². The molecule has 2 atom stereocenters. The van der Waals surface area contributed by atoms with Gasteiger partial charge in [0.25, 0.3) is 0 Å². The predicted octanol–water partition coefficient (Wildman–Crippen LogP) is 1.43. The maximum absolute atomic E-state index is 12.3. The van der Waals surface area contributed by atoms with Crippen molar-refractivity contribution in [2.45, 2.75) is 46.1 Å². The van der Waals surface area contributed by atoms with Gasteiger partial charge in [0.05, 0.1) is 6.04 Å². The van der Waals surface area contributed by atoms with Gasteiger partial charge in [0.1, 0.15) is 0 Å². The second kappa shape index (κ2) is 7.48. The monoisotopic (exact) mass is 270 g/mol. The second-order valence-corrected chi connectivity index (χ2v) is 5.27. The summed E-state index contributed by atoms with van der Waals surface area (Å²) in [5.41, 5.74) is 0. The van der Waals surface area contributed by atoms with Crippen LogP contribution in [-0.4, -0.2) is 59.0 Å². The first kappa shape index (κ1) is 16.0. The topological polar surface area (TPSA) is 60.9 Å². The zero-order chi connectivity index (χ0) is 14.4. The van der Waals surface area contributed by atoms with Crippen LogP contribution in [0.3, 0.4) is 0 Å². The first-order valence-electron chi connectivity index (χ1n) is 7.24. The highest BCUT2D eigenvalue weighted by molar-refractivity contribution is 5.81. The van der Waals surface area contributed by atoms with Crippen LogP contribution in [0.15, 0.2) is 0 Å². The Morgan fingerprint density at radius 3 is 2.53 bits per heavy atom.